The zero-order valence-corrected chi connectivity index (χ0v) is 18.7. The maximum Gasteiger partial charge on any atom is 0.340 e. The molecule has 11 nitrogen and oxygen atoms in total. The fraction of sp³-hybridized carbons (Fsp3) is 0.333. The normalized spacial score (nSPS) is 13.0. The van der Waals surface area contributed by atoms with E-state index in [1.54, 1.807) is 0 Å². The smallest absolute Gasteiger partial charge is 0.340 e. The Morgan fingerprint density at radius 3 is 2.56 bits per heavy atom. The minimum absolute atomic E-state index is 0.0367. The van der Waals surface area contributed by atoms with E-state index in [9.17, 15) is 33.1 Å². The van der Waals surface area contributed by atoms with E-state index in [1.807, 2.05) is 0 Å². The van der Waals surface area contributed by atoms with E-state index in [4.69, 9.17) is 4.74 Å². The fourth-order valence-corrected chi connectivity index (χ4v) is 3.28. The molecule has 1 aromatic carbocycles. The lowest BCUT2D eigenvalue weighted by molar-refractivity contribution is 0.0627. The lowest BCUT2D eigenvalue weighted by Gasteiger charge is -2.39. The van der Waals surface area contributed by atoms with Crippen LogP contribution in [0.25, 0.3) is 0 Å². The summed E-state index contributed by atoms with van der Waals surface area (Å²) >= 11 is 0. The number of ether oxygens (including phenoxy) is 1. The second kappa shape index (κ2) is 9.87. The molecule has 2 heterocycles. The summed E-state index contributed by atoms with van der Waals surface area (Å²) in [6.07, 6.45) is 0.959. The summed E-state index contributed by atoms with van der Waals surface area (Å²) in [6, 6.07) is 2.19. The largest absolute Gasteiger partial charge is 0.502 e. The van der Waals surface area contributed by atoms with Crippen LogP contribution in [0.2, 0.25) is 0 Å². The minimum Gasteiger partial charge on any atom is -0.502 e. The first-order valence-electron chi connectivity index (χ1n) is 10.0. The van der Waals surface area contributed by atoms with Crippen LogP contribution in [0.3, 0.4) is 0 Å². The highest BCUT2D eigenvalue weighted by Gasteiger charge is 2.37. The van der Waals surface area contributed by atoms with Crippen LogP contribution < -0.4 is 15.8 Å². The van der Waals surface area contributed by atoms with Gasteiger partial charge in [0.05, 0.1) is 6.61 Å². The summed E-state index contributed by atoms with van der Waals surface area (Å²) < 4.78 is 32.9. The monoisotopic (exact) mass is 479 g/mol. The third-order valence-corrected chi connectivity index (χ3v) is 5.09. The van der Waals surface area contributed by atoms with Gasteiger partial charge in [-0.05, 0) is 6.07 Å². The van der Waals surface area contributed by atoms with Crippen molar-refractivity contribution in [1.82, 2.24) is 19.8 Å². The number of benzene rings is 1. The number of rotatable bonds is 6. The molecule has 0 bridgehead atoms. The van der Waals surface area contributed by atoms with Crippen LogP contribution in [0, 0.1) is 11.6 Å². The van der Waals surface area contributed by atoms with Crippen molar-refractivity contribution in [1.29, 1.82) is 0 Å². The number of urea groups is 1. The van der Waals surface area contributed by atoms with E-state index in [0.29, 0.717) is 6.07 Å². The van der Waals surface area contributed by atoms with Crippen molar-refractivity contribution >= 4 is 17.8 Å². The molecule has 13 heteroatoms. The van der Waals surface area contributed by atoms with Gasteiger partial charge in [-0.3, -0.25) is 14.4 Å². The number of hydrogen-bond donors (Lipinski definition) is 2. The summed E-state index contributed by atoms with van der Waals surface area (Å²) in [5.41, 5.74) is -2.27. The number of nitrogens with one attached hydrogen (secondary N) is 1. The summed E-state index contributed by atoms with van der Waals surface area (Å²) in [7, 11) is 4.35. The number of carbonyl (C=O) groups is 3. The van der Waals surface area contributed by atoms with Crippen molar-refractivity contribution in [2.75, 3.05) is 46.0 Å². The standard InChI is InChI=1S/C21H23F2N5O6/c1-25(2)21(33)28-11-26(6-7-34-3)20(32)16-18(30)17(29)14(10-27(16)28)19(31)24-9-12-4-5-13(22)8-15(12)23/h4-5,8,10,30H,6-7,9,11H2,1-3H3,(H,24,31). The molecule has 0 fully saturated rings. The fourth-order valence-electron chi connectivity index (χ4n) is 3.28. The molecular formula is C21H23F2N5O6. The van der Waals surface area contributed by atoms with Crippen molar-refractivity contribution in [3.05, 3.63) is 63.1 Å². The van der Waals surface area contributed by atoms with E-state index >= 15 is 0 Å². The topological polar surface area (TPSA) is 124 Å². The van der Waals surface area contributed by atoms with Gasteiger partial charge in [-0.1, -0.05) is 6.07 Å². The van der Waals surface area contributed by atoms with Gasteiger partial charge in [0, 0.05) is 52.1 Å². The van der Waals surface area contributed by atoms with E-state index in [0.717, 1.165) is 28.0 Å². The quantitative estimate of drug-likeness (QED) is 0.620. The SMILES string of the molecule is COCCN1CN(C(=O)N(C)C)n2cc(C(=O)NCc3ccc(F)cc3F)c(=O)c(O)c2C1=O. The van der Waals surface area contributed by atoms with Crippen molar-refractivity contribution in [3.8, 4) is 5.75 Å². The van der Waals surface area contributed by atoms with Crippen LogP contribution in [0.4, 0.5) is 13.6 Å². The third kappa shape index (κ3) is 4.69. The number of methoxy groups -OCH3 is 1. The molecule has 1 aliphatic rings. The van der Waals surface area contributed by atoms with Gasteiger partial charge < -0.3 is 25.0 Å². The summed E-state index contributed by atoms with van der Waals surface area (Å²) in [5, 5.41) is 13.9. The second-order valence-corrected chi connectivity index (χ2v) is 7.61. The molecule has 4 amide bonds. The van der Waals surface area contributed by atoms with Gasteiger partial charge in [-0.15, -0.1) is 0 Å². The van der Waals surface area contributed by atoms with Gasteiger partial charge in [-0.2, -0.15) is 0 Å². The van der Waals surface area contributed by atoms with E-state index in [-0.39, 0.29) is 31.9 Å². The number of nitrogens with zero attached hydrogens (tertiary/aromatic N) is 4. The molecule has 3 rings (SSSR count). The average Bonchev–Trinajstić information content (AvgIpc) is 2.79. The molecule has 0 saturated carbocycles. The van der Waals surface area contributed by atoms with Gasteiger partial charge in [-0.25, -0.2) is 23.3 Å². The third-order valence-electron chi connectivity index (χ3n) is 5.09. The molecule has 0 atom stereocenters. The van der Waals surface area contributed by atoms with E-state index in [1.165, 1.54) is 31.0 Å². The lowest BCUT2D eigenvalue weighted by Crippen LogP contribution is -2.59. The van der Waals surface area contributed by atoms with Crippen LogP contribution in [-0.2, 0) is 11.3 Å². The highest BCUT2D eigenvalue weighted by Crippen LogP contribution is 2.22. The van der Waals surface area contributed by atoms with Crippen molar-refractivity contribution in [2.45, 2.75) is 6.54 Å². The summed E-state index contributed by atoms with van der Waals surface area (Å²) in [4.78, 5) is 53.5. The van der Waals surface area contributed by atoms with Gasteiger partial charge in [0.25, 0.3) is 11.8 Å². The number of aromatic nitrogens is 1. The van der Waals surface area contributed by atoms with Gasteiger partial charge >= 0.3 is 6.03 Å². The summed E-state index contributed by atoms with van der Waals surface area (Å²) in [5.74, 6) is -4.44. The molecule has 2 N–H and O–H groups in total. The summed E-state index contributed by atoms with van der Waals surface area (Å²) in [6.45, 7) is -0.403. The first-order chi connectivity index (χ1) is 16.1. The number of carbonyl (C=O) groups excluding carboxylic acids is 3. The molecule has 0 saturated heterocycles. The maximum atomic E-state index is 13.9. The van der Waals surface area contributed by atoms with Gasteiger partial charge in [0.1, 0.15) is 23.9 Å². The predicted molar refractivity (Wildman–Crippen MR) is 115 cm³/mol. The molecule has 1 aliphatic heterocycles. The molecule has 0 spiro atoms. The number of halogens is 2. The molecule has 1 aromatic heterocycles. The predicted octanol–water partition coefficient (Wildman–Crippen LogP) is 0.441. The number of amides is 4. The Bertz CT molecular complexity index is 1200. The molecule has 182 valence electrons. The highest BCUT2D eigenvalue weighted by molar-refractivity contribution is 6.01. The van der Waals surface area contributed by atoms with Crippen LogP contribution in [0.15, 0.2) is 29.2 Å². The Labute approximate surface area is 192 Å². The zero-order valence-electron chi connectivity index (χ0n) is 18.7. The maximum absolute atomic E-state index is 13.9. The van der Waals surface area contributed by atoms with Crippen LogP contribution in [-0.4, -0.2) is 78.5 Å². The molecule has 0 radical (unpaired) electrons. The van der Waals surface area contributed by atoms with E-state index in [2.05, 4.69) is 5.32 Å². The lowest BCUT2D eigenvalue weighted by atomic mass is 10.1. The minimum atomic E-state index is -1.15. The number of hydrogen-bond acceptors (Lipinski definition) is 6. The van der Waals surface area contributed by atoms with Gasteiger partial charge in [0.2, 0.25) is 5.43 Å². The first-order valence-corrected chi connectivity index (χ1v) is 10.0. The molecule has 2 aromatic rings. The molecule has 0 aliphatic carbocycles. The highest BCUT2D eigenvalue weighted by atomic mass is 19.1. The van der Waals surface area contributed by atoms with Crippen molar-refractivity contribution in [3.63, 3.8) is 0 Å². The Morgan fingerprint density at radius 1 is 1.24 bits per heavy atom. The van der Waals surface area contributed by atoms with E-state index < -0.39 is 51.9 Å². The molecule has 0 unspecified atom stereocenters. The Morgan fingerprint density at radius 2 is 1.94 bits per heavy atom. The molecule has 34 heavy (non-hydrogen) atoms. The van der Waals surface area contributed by atoms with Crippen LogP contribution in [0.1, 0.15) is 26.4 Å². The van der Waals surface area contributed by atoms with Gasteiger partial charge in [0.15, 0.2) is 11.4 Å². The Balaban J connectivity index is 2.00. The first kappa shape index (κ1) is 24.6. The van der Waals surface area contributed by atoms with Crippen LogP contribution in [0.5, 0.6) is 5.75 Å². The van der Waals surface area contributed by atoms with Crippen molar-refractivity contribution in [2.24, 2.45) is 0 Å². The Hall–Kier alpha value is -4.00. The van der Waals surface area contributed by atoms with Crippen LogP contribution >= 0.6 is 0 Å². The molecular weight excluding hydrogens is 456 g/mol. The number of aromatic hydroxyl groups is 1. The Kier molecular flexibility index (Phi) is 7.15. The second-order valence-electron chi connectivity index (χ2n) is 7.61. The number of fused-ring (bicyclic) bond motifs is 1. The number of pyridine rings is 1. The average molecular weight is 479 g/mol. The zero-order chi connectivity index (χ0) is 25.2. The van der Waals surface area contributed by atoms with Crippen molar-refractivity contribution < 1.29 is 33.0 Å².